The lowest BCUT2D eigenvalue weighted by molar-refractivity contribution is 0.0132. The molecule has 120 valence electrons. The fraction of sp³-hybridized carbons (Fsp3) is 1.00. The number of sulfonamides is 1. The molecule has 1 aliphatic rings. The standard InChI is InChI=1S/C12H25NO6S/c1-3-20(16,17)13-8-12(9-19-5-4-18-2)6-10(14)11(15)7-12/h10-11,13-15H,3-9H2,1-2H3/t10-,11+,12?. The molecule has 0 saturated heterocycles. The maximum atomic E-state index is 11.5. The monoisotopic (exact) mass is 311 g/mol. The zero-order valence-corrected chi connectivity index (χ0v) is 12.9. The number of nitrogens with one attached hydrogen (secondary N) is 1. The van der Waals surface area contributed by atoms with Crippen molar-refractivity contribution in [3.05, 3.63) is 0 Å². The molecule has 1 aliphatic carbocycles. The molecule has 0 spiro atoms. The minimum atomic E-state index is -3.31. The van der Waals surface area contributed by atoms with E-state index in [1.807, 2.05) is 0 Å². The summed E-state index contributed by atoms with van der Waals surface area (Å²) in [6.07, 6.45) is -1.06. The molecule has 0 heterocycles. The van der Waals surface area contributed by atoms with E-state index in [1.165, 1.54) is 0 Å². The fourth-order valence-corrected chi connectivity index (χ4v) is 3.08. The SMILES string of the molecule is CCS(=O)(=O)NCC1(COCCOC)C[C@@H](O)[C@@H](O)C1. The molecular weight excluding hydrogens is 286 g/mol. The molecule has 0 amide bonds. The number of hydrogen-bond donors (Lipinski definition) is 3. The van der Waals surface area contributed by atoms with Gasteiger partial charge in [-0.05, 0) is 19.8 Å². The summed E-state index contributed by atoms with van der Waals surface area (Å²) in [5, 5.41) is 19.4. The van der Waals surface area contributed by atoms with E-state index in [2.05, 4.69) is 4.72 Å². The molecule has 1 fully saturated rings. The number of rotatable bonds is 9. The Labute approximate surface area is 120 Å². The highest BCUT2D eigenvalue weighted by atomic mass is 32.2. The molecule has 1 unspecified atom stereocenters. The van der Waals surface area contributed by atoms with Crippen LogP contribution < -0.4 is 4.72 Å². The second-order valence-corrected chi connectivity index (χ2v) is 7.41. The lowest BCUT2D eigenvalue weighted by Gasteiger charge is -2.28. The van der Waals surface area contributed by atoms with Crippen molar-refractivity contribution in [2.75, 3.05) is 39.2 Å². The third kappa shape index (κ3) is 5.27. The lowest BCUT2D eigenvalue weighted by atomic mass is 9.87. The van der Waals surface area contributed by atoms with Gasteiger partial charge in [0.1, 0.15) is 0 Å². The Morgan fingerprint density at radius 1 is 1.25 bits per heavy atom. The molecule has 7 nitrogen and oxygen atoms in total. The second-order valence-electron chi connectivity index (χ2n) is 5.31. The van der Waals surface area contributed by atoms with E-state index in [0.717, 1.165) is 0 Å². The van der Waals surface area contributed by atoms with Crippen molar-refractivity contribution in [2.45, 2.75) is 32.0 Å². The van der Waals surface area contributed by atoms with Gasteiger partial charge in [-0.25, -0.2) is 13.1 Å². The maximum Gasteiger partial charge on any atom is 0.211 e. The second kappa shape index (κ2) is 7.67. The summed E-state index contributed by atoms with van der Waals surface area (Å²) in [5.74, 6) is -0.00127. The van der Waals surface area contributed by atoms with E-state index in [0.29, 0.717) is 26.1 Å². The smallest absolute Gasteiger partial charge is 0.211 e. The molecule has 0 aromatic heterocycles. The third-order valence-electron chi connectivity index (χ3n) is 3.62. The first-order chi connectivity index (χ1) is 9.34. The molecule has 1 rings (SSSR count). The summed E-state index contributed by atoms with van der Waals surface area (Å²) in [6.45, 7) is 2.83. The maximum absolute atomic E-state index is 11.5. The first-order valence-electron chi connectivity index (χ1n) is 6.74. The molecule has 8 heteroatoms. The largest absolute Gasteiger partial charge is 0.390 e. The van der Waals surface area contributed by atoms with Crippen LogP contribution in [-0.4, -0.2) is 70.1 Å². The van der Waals surface area contributed by atoms with Crippen LogP contribution in [0.4, 0.5) is 0 Å². The summed E-state index contributed by atoms with van der Waals surface area (Å²) >= 11 is 0. The molecular formula is C12H25NO6S. The molecule has 0 aromatic rings. The number of aliphatic hydroxyl groups is 2. The van der Waals surface area contributed by atoms with Gasteiger partial charge in [0.15, 0.2) is 0 Å². The van der Waals surface area contributed by atoms with Gasteiger partial charge in [-0.3, -0.25) is 0 Å². The van der Waals surface area contributed by atoms with Crippen molar-refractivity contribution in [2.24, 2.45) is 5.41 Å². The average molecular weight is 311 g/mol. The number of hydrogen-bond acceptors (Lipinski definition) is 6. The molecule has 0 aliphatic heterocycles. The fourth-order valence-electron chi connectivity index (χ4n) is 2.35. The zero-order valence-electron chi connectivity index (χ0n) is 12.0. The van der Waals surface area contributed by atoms with E-state index in [9.17, 15) is 18.6 Å². The van der Waals surface area contributed by atoms with Gasteiger partial charge in [-0.1, -0.05) is 0 Å². The first kappa shape index (κ1) is 17.8. The molecule has 0 bridgehead atoms. The van der Waals surface area contributed by atoms with Gasteiger partial charge < -0.3 is 19.7 Å². The topological polar surface area (TPSA) is 105 Å². The van der Waals surface area contributed by atoms with Gasteiger partial charge >= 0.3 is 0 Å². The minimum absolute atomic E-state index is 0.00127. The number of methoxy groups -OCH3 is 1. The van der Waals surface area contributed by atoms with Gasteiger partial charge in [0.05, 0.1) is 37.8 Å². The Kier molecular flexibility index (Phi) is 6.83. The van der Waals surface area contributed by atoms with Gasteiger partial charge in [-0.15, -0.1) is 0 Å². The van der Waals surface area contributed by atoms with Gasteiger partial charge in [0, 0.05) is 19.1 Å². The highest BCUT2D eigenvalue weighted by Crippen LogP contribution is 2.38. The predicted molar refractivity (Wildman–Crippen MR) is 73.8 cm³/mol. The zero-order chi connectivity index (χ0) is 15.2. The molecule has 0 radical (unpaired) electrons. The van der Waals surface area contributed by atoms with Gasteiger partial charge in [0.25, 0.3) is 0 Å². The van der Waals surface area contributed by atoms with Crippen LogP contribution in [0.25, 0.3) is 0 Å². The molecule has 1 saturated carbocycles. The van der Waals surface area contributed by atoms with Crippen LogP contribution in [0.15, 0.2) is 0 Å². The van der Waals surface area contributed by atoms with E-state index >= 15 is 0 Å². The van der Waals surface area contributed by atoms with Crippen molar-refractivity contribution in [3.8, 4) is 0 Å². The van der Waals surface area contributed by atoms with E-state index < -0.39 is 27.6 Å². The number of aliphatic hydroxyl groups excluding tert-OH is 2. The number of ether oxygens (including phenoxy) is 2. The van der Waals surface area contributed by atoms with Crippen molar-refractivity contribution >= 4 is 10.0 Å². The lowest BCUT2D eigenvalue weighted by Crippen LogP contribution is -2.40. The molecule has 3 atom stereocenters. The Balaban J connectivity index is 2.61. The van der Waals surface area contributed by atoms with Crippen LogP contribution in [0.1, 0.15) is 19.8 Å². The average Bonchev–Trinajstić information content (AvgIpc) is 2.69. The Bertz CT molecular complexity index is 375. The molecule has 20 heavy (non-hydrogen) atoms. The minimum Gasteiger partial charge on any atom is -0.390 e. The van der Waals surface area contributed by atoms with Crippen LogP contribution in [0, 0.1) is 5.41 Å². The summed E-state index contributed by atoms with van der Waals surface area (Å²) in [4.78, 5) is 0. The van der Waals surface area contributed by atoms with Crippen LogP contribution in [0.5, 0.6) is 0 Å². The van der Waals surface area contributed by atoms with Crippen molar-refractivity contribution in [3.63, 3.8) is 0 Å². The van der Waals surface area contributed by atoms with E-state index in [4.69, 9.17) is 9.47 Å². The Morgan fingerprint density at radius 2 is 1.85 bits per heavy atom. The predicted octanol–water partition coefficient (Wildman–Crippen LogP) is -0.909. The first-order valence-corrected chi connectivity index (χ1v) is 8.39. The quantitative estimate of drug-likeness (QED) is 0.476. The van der Waals surface area contributed by atoms with E-state index in [1.54, 1.807) is 14.0 Å². The van der Waals surface area contributed by atoms with Gasteiger partial charge in [0.2, 0.25) is 10.0 Å². The highest BCUT2D eigenvalue weighted by molar-refractivity contribution is 7.89. The molecule has 3 N–H and O–H groups in total. The normalized spacial score (nSPS) is 30.8. The molecule has 0 aromatic carbocycles. The highest BCUT2D eigenvalue weighted by Gasteiger charge is 2.44. The van der Waals surface area contributed by atoms with Crippen LogP contribution in [-0.2, 0) is 19.5 Å². The van der Waals surface area contributed by atoms with E-state index in [-0.39, 0.29) is 18.9 Å². The van der Waals surface area contributed by atoms with Crippen LogP contribution in [0.3, 0.4) is 0 Å². The van der Waals surface area contributed by atoms with Crippen molar-refractivity contribution in [1.82, 2.24) is 4.72 Å². The third-order valence-corrected chi connectivity index (χ3v) is 4.96. The van der Waals surface area contributed by atoms with Crippen molar-refractivity contribution in [1.29, 1.82) is 0 Å². The van der Waals surface area contributed by atoms with Gasteiger partial charge in [-0.2, -0.15) is 0 Å². The summed E-state index contributed by atoms with van der Waals surface area (Å²) < 4.78 is 35.9. The Morgan fingerprint density at radius 3 is 2.35 bits per heavy atom. The van der Waals surface area contributed by atoms with Crippen LogP contribution in [0.2, 0.25) is 0 Å². The van der Waals surface area contributed by atoms with Crippen molar-refractivity contribution < 1.29 is 28.1 Å². The summed E-state index contributed by atoms with van der Waals surface area (Å²) in [7, 11) is -1.74. The van der Waals surface area contributed by atoms with Crippen LogP contribution >= 0.6 is 0 Å². The summed E-state index contributed by atoms with van der Waals surface area (Å²) in [6, 6.07) is 0. The summed E-state index contributed by atoms with van der Waals surface area (Å²) in [5.41, 5.74) is -0.575. The Hall–Kier alpha value is -0.250.